The van der Waals surface area contributed by atoms with Gasteiger partial charge in [-0.3, -0.25) is 4.79 Å². The summed E-state index contributed by atoms with van der Waals surface area (Å²) in [5.74, 6) is 1.33. The third-order valence-corrected chi connectivity index (χ3v) is 3.98. The summed E-state index contributed by atoms with van der Waals surface area (Å²) in [6.07, 6.45) is 0.854. The molecule has 4 rings (SSSR count). The Hall–Kier alpha value is -3.13. The van der Waals surface area contributed by atoms with Gasteiger partial charge in [-0.05, 0) is 16.8 Å². The van der Waals surface area contributed by atoms with Gasteiger partial charge in [-0.15, -0.1) is 0 Å². The van der Waals surface area contributed by atoms with Crippen molar-refractivity contribution in [3.8, 4) is 22.6 Å². The second-order valence-corrected chi connectivity index (χ2v) is 5.41. The Morgan fingerprint density at radius 2 is 1.52 bits per heavy atom. The van der Waals surface area contributed by atoms with Crippen molar-refractivity contribution in [3.63, 3.8) is 0 Å². The Morgan fingerprint density at radius 3 is 2.35 bits per heavy atom. The first-order chi connectivity index (χ1) is 11.4. The van der Waals surface area contributed by atoms with Gasteiger partial charge in [0.2, 0.25) is 0 Å². The van der Waals surface area contributed by atoms with Crippen LogP contribution >= 0.6 is 0 Å². The third-order valence-electron chi connectivity index (χ3n) is 3.98. The fourth-order valence-electron chi connectivity index (χ4n) is 2.87. The number of aldehydes is 1. The van der Waals surface area contributed by atoms with Crippen molar-refractivity contribution >= 4 is 17.1 Å². The summed E-state index contributed by atoms with van der Waals surface area (Å²) in [6.45, 7) is 0. The Labute approximate surface area is 134 Å². The minimum absolute atomic E-state index is 0.570. The van der Waals surface area contributed by atoms with Crippen LogP contribution in [-0.2, 0) is 0 Å². The Kier molecular flexibility index (Phi) is 3.28. The summed E-state index contributed by atoms with van der Waals surface area (Å²) in [6, 6.07) is 25.7. The van der Waals surface area contributed by atoms with Crippen molar-refractivity contribution in [2.45, 2.75) is 0 Å². The van der Waals surface area contributed by atoms with Crippen molar-refractivity contribution < 1.29 is 9.21 Å². The molecule has 0 saturated carbocycles. The Morgan fingerprint density at radius 1 is 0.783 bits per heavy atom. The number of hydrogen-bond donors (Lipinski definition) is 0. The number of fused-ring (bicyclic) bond motifs is 1. The van der Waals surface area contributed by atoms with Crippen molar-refractivity contribution in [3.05, 3.63) is 84.4 Å². The van der Waals surface area contributed by atoms with E-state index in [4.69, 9.17) is 4.42 Å². The number of hydrogen-bond acceptors (Lipinski definition) is 2. The molecule has 0 bridgehead atoms. The molecule has 0 aliphatic heterocycles. The quantitative estimate of drug-likeness (QED) is 0.462. The Bertz CT molecular complexity index is 976. The number of furan rings is 1. The van der Waals surface area contributed by atoms with Gasteiger partial charge in [0.25, 0.3) is 0 Å². The van der Waals surface area contributed by atoms with Crippen molar-refractivity contribution in [1.29, 1.82) is 0 Å². The van der Waals surface area contributed by atoms with Crippen LogP contribution in [0.4, 0.5) is 0 Å². The summed E-state index contributed by atoms with van der Waals surface area (Å²) < 4.78 is 6.05. The summed E-state index contributed by atoms with van der Waals surface area (Å²) >= 11 is 0. The molecule has 0 spiro atoms. The van der Waals surface area contributed by atoms with Crippen LogP contribution < -0.4 is 0 Å². The molecular formula is C21H14O2. The van der Waals surface area contributed by atoms with E-state index >= 15 is 0 Å². The zero-order chi connectivity index (χ0) is 15.6. The zero-order valence-electron chi connectivity index (χ0n) is 12.4. The first kappa shape index (κ1) is 13.5. The molecule has 2 nitrogen and oxygen atoms in total. The van der Waals surface area contributed by atoms with Crippen LogP contribution in [0.2, 0.25) is 0 Å². The van der Waals surface area contributed by atoms with Gasteiger partial charge >= 0.3 is 0 Å². The molecule has 2 heteroatoms. The molecule has 0 saturated heterocycles. The zero-order valence-corrected chi connectivity index (χ0v) is 12.4. The highest BCUT2D eigenvalue weighted by Crippen LogP contribution is 2.35. The van der Waals surface area contributed by atoms with Gasteiger partial charge in [0.1, 0.15) is 11.5 Å². The molecule has 3 aromatic carbocycles. The van der Waals surface area contributed by atoms with Gasteiger partial charge in [0.05, 0.1) is 5.56 Å². The minimum Gasteiger partial charge on any atom is -0.455 e. The molecular weight excluding hydrogens is 284 g/mol. The molecule has 0 fully saturated rings. The van der Waals surface area contributed by atoms with E-state index in [-0.39, 0.29) is 0 Å². The predicted molar refractivity (Wildman–Crippen MR) is 92.5 cm³/mol. The average molecular weight is 298 g/mol. The lowest BCUT2D eigenvalue weighted by Gasteiger charge is -2.04. The molecule has 110 valence electrons. The van der Waals surface area contributed by atoms with E-state index in [9.17, 15) is 4.79 Å². The maximum atomic E-state index is 11.5. The normalized spacial score (nSPS) is 10.8. The van der Waals surface area contributed by atoms with Gasteiger partial charge in [-0.25, -0.2) is 0 Å². The summed E-state index contributed by atoms with van der Waals surface area (Å²) in [4.78, 5) is 11.5. The van der Waals surface area contributed by atoms with Crippen LogP contribution in [0.1, 0.15) is 10.4 Å². The van der Waals surface area contributed by atoms with Gasteiger partial charge in [0, 0.05) is 11.1 Å². The maximum Gasteiger partial charge on any atom is 0.153 e. The van der Waals surface area contributed by atoms with Crippen LogP contribution in [0.15, 0.2) is 83.3 Å². The molecule has 0 atom stereocenters. The first-order valence-corrected chi connectivity index (χ1v) is 7.49. The second kappa shape index (κ2) is 5.58. The summed E-state index contributed by atoms with van der Waals surface area (Å²) in [5, 5.41) is 2.20. The maximum absolute atomic E-state index is 11.5. The van der Waals surface area contributed by atoms with E-state index in [2.05, 4.69) is 12.1 Å². The fraction of sp³-hybridized carbons (Fsp3) is 0. The molecule has 0 radical (unpaired) electrons. The Balaban J connectivity index is 1.95. The molecule has 0 amide bonds. The van der Waals surface area contributed by atoms with Gasteiger partial charge in [0.15, 0.2) is 6.29 Å². The van der Waals surface area contributed by atoms with Crippen LogP contribution in [-0.4, -0.2) is 6.29 Å². The first-order valence-electron chi connectivity index (χ1n) is 7.49. The van der Waals surface area contributed by atoms with Gasteiger partial charge in [-0.1, -0.05) is 72.8 Å². The SMILES string of the molecule is O=Cc1cc(-c2ccccc2)oc1-c1cccc2ccccc12. The smallest absolute Gasteiger partial charge is 0.153 e. The molecule has 0 N–H and O–H groups in total. The molecule has 0 aliphatic rings. The van der Waals surface area contributed by atoms with E-state index in [1.165, 1.54) is 0 Å². The predicted octanol–water partition coefficient (Wildman–Crippen LogP) is 5.58. The van der Waals surface area contributed by atoms with E-state index < -0.39 is 0 Å². The van der Waals surface area contributed by atoms with Crippen LogP contribution in [0, 0.1) is 0 Å². The number of benzene rings is 3. The monoisotopic (exact) mass is 298 g/mol. The standard InChI is InChI=1S/C21H14O2/c22-14-17-13-20(16-8-2-1-3-9-16)23-21(17)19-12-6-10-15-7-4-5-11-18(15)19/h1-14H. The van der Waals surface area contributed by atoms with E-state index in [1.54, 1.807) is 6.07 Å². The largest absolute Gasteiger partial charge is 0.455 e. The summed E-state index contributed by atoms with van der Waals surface area (Å²) in [5.41, 5.74) is 2.47. The topological polar surface area (TPSA) is 30.2 Å². The number of rotatable bonds is 3. The van der Waals surface area contributed by atoms with Gasteiger partial charge < -0.3 is 4.42 Å². The highest BCUT2D eigenvalue weighted by atomic mass is 16.3. The lowest BCUT2D eigenvalue weighted by Crippen LogP contribution is -1.83. The number of carbonyl (C=O) groups is 1. The highest BCUT2D eigenvalue weighted by molar-refractivity contribution is 5.99. The van der Waals surface area contributed by atoms with E-state index in [0.717, 1.165) is 28.2 Å². The van der Waals surface area contributed by atoms with Crippen LogP contribution in [0.25, 0.3) is 33.4 Å². The van der Waals surface area contributed by atoms with E-state index in [1.807, 2.05) is 60.7 Å². The molecule has 4 aromatic rings. The lowest BCUT2D eigenvalue weighted by molar-refractivity contribution is 0.112. The summed E-state index contributed by atoms with van der Waals surface area (Å²) in [7, 11) is 0. The lowest BCUT2D eigenvalue weighted by atomic mass is 10.0. The second-order valence-electron chi connectivity index (χ2n) is 5.41. The number of carbonyl (C=O) groups excluding carboxylic acids is 1. The van der Waals surface area contributed by atoms with Crippen LogP contribution in [0.3, 0.4) is 0 Å². The molecule has 1 aromatic heterocycles. The van der Waals surface area contributed by atoms with E-state index in [0.29, 0.717) is 17.1 Å². The van der Waals surface area contributed by atoms with Crippen LogP contribution in [0.5, 0.6) is 0 Å². The highest BCUT2D eigenvalue weighted by Gasteiger charge is 2.15. The third kappa shape index (κ3) is 2.34. The molecule has 23 heavy (non-hydrogen) atoms. The minimum atomic E-state index is 0.570. The van der Waals surface area contributed by atoms with Crippen molar-refractivity contribution in [2.24, 2.45) is 0 Å². The molecule has 0 unspecified atom stereocenters. The molecule has 1 heterocycles. The van der Waals surface area contributed by atoms with Crippen molar-refractivity contribution in [1.82, 2.24) is 0 Å². The average Bonchev–Trinajstić information content (AvgIpc) is 3.06. The molecule has 0 aliphatic carbocycles. The van der Waals surface area contributed by atoms with Crippen molar-refractivity contribution in [2.75, 3.05) is 0 Å². The van der Waals surface area contributed by atoms with Gasteiger partial charge in [-0.2, -0.15) is 0 Å². The fourth-order valence-corrected chi connectivity index (χ4v) is 2.87.